The van der Waals surface area contributed by atoms with Gasteiger partial charge in [0.2, 0.25) is 11.6 Å². The van der Waals surface area contributed by atoms with Gasteiger partial charge in [0.15, 0.2) is 5.82 Å². The van der Waals surface area contributed by atoms with E-state index in [2.05, 4.69) is 30.7 Å². The molecule has 0 aliphatic heterocycles. The summed E-state index contributed by atoms with van der Waals surface area (Å²) >= 11 is 0. The molecule has 0 aliphatic carbocycles. The summed E-state index contributed by atoms with van der Waals surface area (Å²) < 4.78 is 4.97. The number of fused-ring (bicyclic) bond motifs is 1. The van der Waals surface area contributed by atoms with E-state index in [9.17, 15) is 10.1 Å². The van der Waals surface area contributed by atoms with Crippen LogP contribution in [-0.4, -0.2) is 25.0 Å². The molecule has 0 fully saturated rings. The summed E-state index contributed by atoms with van der Waals surface area (Å²) in [7, 11) is 0. The van der Waals surface area contributed by atoms with E-state index in [1.807, 2.05) is 31.2 Å². The Hall–Kier alpha value is -4.08. The minimum absolute atomic E-state index is 0.000163. The van der Waals surface area contributed by atoms with Crippen molar-refractivity contribution in [3.8, 4) is 0 Å². The van der Waals surface area contributed by atoms with Gasteiger partial charge in [0.25, 0.3) is 0 Å². The fourth-order valence-corrected chi connectivity index (χ4v) is 2.75. The number of para-hydroxylation sites is 1. The lowest BCUT2D eigenvalue weighted by Crippen LogP contribution is -2.06. The minimum Gasteiger partial charge on any atom is -0.360 e. The second-order valence-electron chi connectivity index (χ2n) is 6.08. The van der Waals surface area contributed by atoms with Crippen molar-refractivity contribution >= 4 is 39.7 Å². The Kier molecular flexibility index (Phi) is 4.28. The summed E-state index contributed by atoms with van der Waals surface area (Å²) in [6.07, 6.45) is 1.23. The van der Waals surface area contributed by atoms with E-state index in [0.717, 1.165) is 11.1 Å². The Morgan fingerprint density at radius 1 is 1.07 bits per heavy atom. The smallest absolute Gasteiger partial charge is 0.353 e. The van der Waals surface area contributed by atoms with Gasteiger partial charge in [-0.3, -0.25) is 15.1 Å². The third-order valence-corrected chi connectivity index (χ3v) is 3.99. The van der Waals surface area contributed by atoms with E-state index in [1.54, 1.807) is 19.1 Å². The minimum atomic E-state index is -0.554. The quantitative estimate of drug-likeness (QED) is 0.391. The molecule has 0 atom stereocenters. The normalized spacial score (nSPS) is 10.8. The molecule has 0 spiro atoms. The fraction of sp³-hybridized carbons (Fsp3) is 0.111. The number of nitrogens with zero attached hydrogens (tertiary/aromatic N) is 5. The van der Waals surface area contributed by atoms with Gasteiger partial charge in [0, 0.05) is 17.1 Å². The van der Waals surface area contributed by atoms with Gasteiger partial charge in [-0.1, -0.05) is 23.4 Å². The molecule has 0 unspecified atom stereocenters. The summed E-state index contributed by atoms with van der Waals surface area (Å²) in [4.78, 5) is 23.7. The number of anilines is 4. The van der Waals surface area contributed by atoms with Crippen molar-refractivity contribution in [2.75, 3.05) is 10.6 Å². The highest BCUT2D eigenvalue weighted by Gasteiger charge is 2.24. The second-order valence-corrected chi connectivity index (χ2v) is 6.08. The molecule has 0 bridgehead atoms. The SMILES string of the molecule is Cc1ccc2cccc(Nc3ncnc(Nc4cc(C)on4)c3[N+](=O)[O-])c2n1. The van der Waals surface area contributed by atoms with Crippen LogP contribution in [0.2, 0.25) is 0 Å². The van der Waals surface area contributed by atoms with Crippen LogP contribution in [0.4, 0.5) is 28.8 Å². The van der Waals surface area contributed by atoms with Crippen LogP contribution in [-0.2, 0) is 0 Å². The zero-order chi connectivity index (χ0) is 19.7. The van der Waals surface area contributed by atoms with Gasteiger partial charge < -0.3 is 15.2 Å². The van der Waals surface area contributed by atoms with Crippen LogP contribution in [0.5, 0.6) is 0 Å². The summed E-state index contributed by atoms with van der Waals surface area (Å²) in [5.41, 5.74) is 1.82. The number of aryl methyl sites for hydroxylation is 2. The number of nitro groups is 1. The van der Waals surface area contributed by atoms with Crippen LogP contribution < -0.4 is 10.6 Å². The molecule has 10 heteroatoms. The number of rotatable bonds is 5. The summed E-state index contributed by atoms with van der Waals surface area (Å²) in [6.45, 7) is 3.60. The Morgan fingerprint density at radius 2 is 1.86 bits per heavy atom. The lowest BCUT2D eigenvalue weighted by molar-refractivity contribution is -0.383. The molecule has 3 aromatic heterocycles. The zero-order valence-corrected chi connectivity index (χ0v) is 15.0. The van der Waals surface area contributed by atoms with Crippen LogP contribution in [0.25, 0.3) is 10.9 Å². The van der Waals surface area contributed by atoms with Gasteiger partial charge in [-0.15, -0.1) is 0 Å². The molecule has 28 heavy (non-hydrogen) atoms. The van der Waals surface area contributed by atoms with Crippen molar-refractivity contribution < 1.29 is 9.45 Å². The number of hydrogen-bond donors (Lipinski definition) is 2. The summed E-state index contributed by atoms with van der Waals surface area (Å²) in [5, 5.41) is 22.2. The second kappa shape index (κ2) is 6.91. The Labute approximate surface area is 158 Å². The molecule has 140 valence electrons. The van der Waals surface area contributed by atoms with E-state index >= 15 is 0 Å². The highest BCUT2D eigenvalue weighted by Crippen LogP contribution is 2.34. The molecule has 10 nitrogen and oxygen atoms in total. The lowest BCUT2D eigenvalue weighted by atomic mass is 10.1. The van der Waals surface area contributed by atoms with Gasteiger partial charge in [-0.25, -0.2) is 9.97 Å². The van der Waals surface area contributed by atoms with Crippen molar-refractivity contribution in [3.05, 3.63) is 64.3 Å². The van der Waals surface area contributed by atoms with Crippen LogP contribution in [0.15, 0.2) is 47.2 Å². The maximum absolute atomic E-state index is 11.7. The number of pyridine rings is 1. The van der Waals surface area contributed by atoms with Gasteiger partial charge >= 0.3 is 5.69 Å². The van der Waals surface area contributed by atoms with Crippen molar-refractivity contribution in [1.29, 1.82) is 0 Å². The van der Waals surface area contributed by atoms with Gasteiger partial charge in [-0.2, -0.15) is 0 Å². The molecule has 2 N–H and O–H groups in total. The largest absolute Gasteiger partial charge is 0.360 e. The average molecular weight is 377 g/mol. The zero-order valence-electron chi connectivity index (χ0n) is 15.0. The molecule has 0 aliphatic rings. The maximum atomic E-state index is 11.7. The monoisotopic (exact) mass is 377 g/mol. The van der Waals surface area contributed by atoms with E-state index in [1.165, 1.54) is 6.33 Å². The first-order valence-electron chi connectivity index (χ1n) is 8.34. The van der Waals surface area contributed by atoms with E-state index in [0.29, 0.717) is 22.8 Å². The molecule has 0 saturated heterocycles. The molecule has 0 amide bonds. The third-order valence-electron chi connectivity index (χ3n) is 3.99. The Balaban J connectivity index is 1.77. The molecular weight excluding hydrogens is 362 g/mol. The van der Waals surface area contributed by atoms with Crippen LogP contribution in [0, 0.1) is 24.0 Å². The van der Waals surface area contributed by atoms with Crippen molar-refractivity contribution in [2.45, 2.75) is 13.8 Å². The first-order valence-corrected chi connectivity index (χ1v) is 8.34. The number of hydrogen-bond acceptors (Lipinski definition) is 9. The summed E-state index contributed by atoms with van der Waals surface area (Å²) in [6, 6.07) is 11.0. The van der Waals surface area contributed by atoms with E-state index in [4.69, 9.17) is 4.52 Å². The highest BCUT2D eigenvalue weighted by molar-refractivity contribution is 5.93. The third kappa shape index (κ3) is 3.30. The molecule has 0 saturated carbocycles. The maximum Gasteiger partial charge on any atom is 0.353 e. The van der Waals surface area contributed by atoms with Crippen molar-refractivity contribution in [3.63, 3.8) is 0 Å². The Bertz CT molecular complexity index is 1190. The lowest BCUT2D eigenvalue weighted by Gasteiger charge is -2.11. The van der Waals surface area contributed by atoms with Crippen molar-refractivity contribution in [2.24, 2.45) is 0 Å². The van der Waals surface area contributed by atoms with Crippen LogP contribution in [0.1, 0.15) is 11.5 Å². The predicted octanol–water partition coefficient (Wildman–Crippen LogP) is 4.03. The fourth-order valence-electron chi connectivity index (χ4n) is 2.75. The molecule has 4 aromatic rings. The van der Waals surface area contributed by atoms with Gasteiger partial charge in [0.05, 0.1) is 16.1 Å². The predicted molar refractivity (Wildman–Crippen MR) is 103 cm³/mol. The first kappa shape index (κ1) is 17.3. The van der Waals surface area contributed by atoms with Crippen LogP contribution >= 0.6 is 0 Å². The number of aromatic nitrogens is 4. The topological polar surface area (TPSA) is 132 Å². The van der Waals surface area contributed by atoms with E-state index < -0.39 is 4.92 Å². The molecule has 4 rings (SSSR count). The van der Waals surface area contributed by atoms with Crippen LogP contribution in [0.3, 0.4) is 0 Å². The number of nitrogens with one attached hydrogen (secondary N) is 2. The molecule has 0 radical (unpaired) electrons. The Morgan fingerprint density at radius 3 is 2.57 bits per heavy atom. The molecular formula is C18H15N7O3. The first-order chi connectivity index (χ1) is 13.5. The van der Waals surface area contributed by atoms with Gasteiger partial charge in [-0.05, 0) is 26.0 Å². The van der Waals surface area contributed by atoms with Gasteiger partial charge in [0.1, 0.15) is 12.1 Å². The van der Waals surface area contributed by atoms with Crippen molar-refractivity contribution in [1.82, 2.24) is 20.1 Å². The standard InChI is InChI=1S/C18H15N7O3/c1-10-6-7-12-4-3-5-13(15(12)21-10)22-17-16(25(26)27)18(20-9-19-17)23-14-8-11(2)28-24-14/h3-9H,1-2H3,(H2,19,20,22,23,24). The van der Waals surface area contributed by atoms with E-state index in [-0.39, 0.29) is 17.3 Å². The summed E-state index contributed by atoms with van der Waals surface area (Å²) in [5.74, 6) is 0.918. The highest BCUT2D eigenvalue weighted by atomic mass is 16.6. The molecule has 1 aromatic carbocycles. The number of benzene rings is 1. The average Bonchev–Trinajstić information content (AvgIpc) is 3.07. The molecule has 3 heterocycles.